The van der Waals surface area contributed by atoms with E-state index in [9.17, 15) is 16.4 Å². The van der Waals surface area contributed by atoms with Gasteiger partial charge >= 0.3 is 0 Å². The van der Waals surface area contributed by atoms with Crippen LogP contribution in [0.25, 0.3) is 88.3 Å². The Morgan fingerprint density at radius 2 is 1.03 bits per heavy atom. The molecule has 0 saturated carbocycles. The summed E-state index contributed by atoms with van der Waals surface area (Å²) in [4.78, 5) is 1.09. The Morgan fingerprint density at radius 1 is 0.386 bits per heavy atom. The lowest BCUT2D eigenvalue weighted by Crippen LogP contribution is -2.26. The highest BCUT2D eigenvalue weighted by Gasteiger charge is 2.51. The third-order valence-electron chi connectivity index (χ3n) is 14.4. The van der Waals surface area contributed by atoms with Crippen molar-refractivity contribution in [3.63, 3.8) is 0 Å². The summed E-state index contributed by atoms with van der Waals surface area (Å²) in [5, 5.41) is 1.11. The summed E-state index contributed by atoms with van der Waals surface area (Å²) in [5.74, 6) is 0. The monoisotopic (exact) mass is 913 g/mol. The lowest BCUT2D eigenvalue weighted by atomic mass is 9.70. The van der Waals surface area contributed by atoms with E-state index in [1.54, 1.807) is 18.2 Å². The quantitative estimate of drug-likeness (QED) is 0.171. The Kier molecular flexibility index (Phi) is 4.84. The first kappa shape index (κ1) is 23.5. The second kappa shape index (κ2) is 14.4. The van der Waals surface area contributed by atoms with Crippen LogP contribution in [0, 0.1) is 0 Å². The second-order valence-electron chi connectivity index (χ2n) is 18.2. The van der Waals surface area contributed by atoms with E-state index in [1.165, 1.54) is 6.07 Å². The van der Waals surface area contributed by atoms with Gasteiger partial charge in [0.2, 0.25) is 0 Å². The predicted octanol–water partition coefficient (Wildman–Crippen LogP) is 18.2. The van der Waals surface area contributed by atoms with E-state index in [-0.39, 0.29) is 21.9 Å². The summed E-state index contributed by atoms with van der Waals surface area (Å²) < 4.78 is 215. The van der Waals surface area contributed by atoms with Gasteiger partial charge in [0.1, 0.15) is 11.2 Å². The van der Waals surface area contributed by atoms with Gasteiger partial charge in [-0.3, -0.25) is 0 Å². The topological polar surface area (TPSA) is 16.4 Å². The van der Waals surface area contributed by atoms with E-state index in [1.807, 2.05) is 48.5 Å². The summed E-state index contributed by atoms with van der Waals surface area (Å²) in [5.41, 5.74) is -2.37. The molecule has 0 aliphatic heterocycles. The van der Waals surface area contributed by atoms with Gasteiger partial charge in [-0.15, -0.1) is 0 Å². The Balaban J connectivity index is 1.10. The Labute approximate surface area is 438 Å². The average Bonchev–Trinajstić information content (AvgIpc) is 1.47. The zero-order valence-corrected chi connectivity index (χ0v) is 37.2. The van der Waals surface area contributed by atoms with Crippen molar-refractivity contribution >= 4 is 49.8 Å². The van der Waals surface area contributed by atoms with E-state index in [2.05, 4.69) is 44.2 Å². The minimum atomic E-state index is -2.76. The van der Waals surface area contributed by atoms with Gasteiger partial charge in [-0.25, -0.2) is 0 Å². The fourth-order valence-corrected chi connectivity index (χ4v) is 11.4. The number of hydrogen-bond donors (Lipinski definition) is 0. The van der Waals surface area contributed by atoms with Crippen LogP contribution in [0.2, 0.25) is 0 Å². The van der Waals surface area contributed by atoms with Gasteiger partial charge in [-0.05, 0) is 148 Å². The summed E-state index contributed by atoms with van der Waals surface area (Å²) >= 11 is 0. The van der Waals surface area contributed by atoms with Crippen LogP contribution in [0.3, 0.4) is 0 Å². The molecule has 15 rings (SSSR count). The first-order chi connectivity index (χ1) is 43.6. The van der Waals surface area contributed by atoms with Gasteiger partial charge in [0, 0.05) is 39.3 Å². The average molecular weight is 914 g/mol. The predicted molar refractivity (Wildman–Crippen MR) is 291 cm³/mol. The molecule has 0 fully saturated rings. The summed E-state index contributed by atoms with van der Waals surface area (Å²) in [6.07, 6.45) is 0. The minimum absolute atomic E-state index is 0.0430. The number of furan rings is 1. The van der Waals surface area contributed by atoms with E-state index in [4.69, 9.17) is 18.1 Å². The molecule has 0 unspecified atom stereocenters. The summed E-state index contributed by atoms with van der Waals surface area (Å²) in [7, 11) is 0. The van der Waals surface area contributed by atoms with Crippen molar-refractivity contribution in [2.24, 2.45) is 0 Å². The molecule has 0 N–H and O–H groups in total. The molecule has 0 saturated heterocycles. The molecule has 11 aromatic carbocycles. The van der Waals surface area contributed by atoms with E-state index in [0.29, 0.717) is 11.1 Å². The first-order valence-corrected chi connectivity index (χ1v) is 22.7. The lowest BCUT2D eigenvalue weighted by molar-refractivity contribution is 0.660. The van der Waals surface area contributed by atoms with Crippen LogP contribution in [0.15, 0.2) is 240 Å². The van der Waals surface area contributed by atoms with Crippen molar-refractivity contribution in [2.75, 3.05) is 4.90 Å². The molecule has 3 aliphatic rings. The van der Waals surface area contributed by atoms with Gasteiger partial charge in [-0.2, -0.15) is 0 Å². The fraction of sp³-hybridized carbons (Fsp3) is 0.0588. The standard InChI is InChI=1S/C68H45NO/c1-67(2)58-25-10-5-23-53(58)57-39-44(31-37-59(57)67)66-48-19-4-3-16-42(48)30-34-49(66)43-17-15-18-45(38-43)69(47-33-36-56-55-24-9-14-29-64(55)70-65(56)41-47)46-32-35-54-52-22-8-13-28-62(52)68(63(54)40-46)60-26-11-6-20-50(60)51-21-7-12-27-61(51)68/h3-41H,1-2H3/i6D,7D,8D,9D,11D,12D,13D,14D,20D,21D,22D,24D,26D,27D,28D,29D,32D,33D,35D,36D,40D,41D. The molecule has 1 heterocycles. The molecule has 328 valence electrons. The van der Waals surface area contributed by atoms with Gasteiger partial charge < -0.3 is 9.32 Å². The molecular formula is C68H45NO. The number of anilines is 3. The third kappa shape index (κ3) is 5.28. The van der Waals surface area contributed by atoms with Crippen LogP contribution in [-0.4, -0.2) is 0 Å². The molecule has 2 heteroatoms. The van der Waals surface area contributed by atoms with Crippen molar-refractivity contribution in [3.05, 3.63) is 269 Å². The maximum Gasteiger partial charge on any atom is 0.137 e. The van der Waals surface area contributed by atoms with Crippen LogP contribution in [0.5, 0.6) is 0 Å². The van der Waals surface area contributed by atoms with Crippen molar-refractivity contribution in [2.45, 2.75) is 24.7 Å². The molecule has 3 aliphatic carbocycles. The fourth-order valence-electron chi connectivity index (χ4n) is 11.4. The Hall–Kier alpha value is -8.72. The Bertz CT molecular complexity index is 5400. The van der Waals surface area contributed by atoms with Crippen molar-refractivity contribution < 1.29 is 34.6 Å². The van der Waals surface area contributed by atoms with Crippen molar-refractivity contribution in [1.82, 2.24) is 0 Å². The molecule has 0 radical (unpaired) electrons. The van der Waals surface area contributed by atoms with Crippen molar-refractivity contribution in [1.29, 1.82) is 0 Å². The van der Waals surface area contributed by atoms with Crippen LogP contribution in [0.1, 0.15) is 77.4 Å². The first-order valence-electron chi connectivity index (χ1n) is 33.7. The zero-order valence-electron chi connectivity index (χ0n) is 59.2. The van der Waals surface area contributed by atoms with E-state index < -0.39 is 205 Å². The van der Waals surface area contributed by atoms with Crippen molar-refractivity contribution in [3.8, 4) is 55.6 Å². The Morgan fingerprint density at radius 3 is 1.83 bits per heavy atom. The van der Waals surface area contributed by atoms with Gasteiger partial charge in [0.15, 0.2) is 0 Å². The number of nitrogens with zero attached hydrogens (tertiary/aromatic N) is 1. The highest BCUT2D eigenvalue weighted by molar-refractivity contribution is 6.08. The summed E-state index contributed by atoms with van der Waals surface area (Å²) in [6.45, 7) is 4.36. The molecule has 70 heavy (non-hydrogen) atoms. The van der Waals surface area contributed by atoms with Crippen LogP contribution in [0.4, 0.5) is 17.1 Å². The number of rotatable bonds is 5. The minimum Gasteiger partial charge on any atom is -0.456 e. The second-order valence-corrected chi connectivity index (χ2v) is 18.2. The molecule has 1 spiro atoms. The molecule has 2 nitrogen and oxygen atoms in total. The normalized spacial score (nSPS) is 18.5. The SMILES string of the molecule is [2H]c1c([2H])c([2H])c2c(c1[2H])-c1c([2H])c([2H])c([2H])c([2H])c1C21c2c([2H])c([2H])c([2H])c([2H])c2-c2c([2H])c([2H])c(N(c3cccc(-c4ccc5ccccc5c4-c4ccc5c(c4)-c4ccccc4C5(C)C)c3)c3c([2H])c([2H])c4c(oc5c([2H])c([2H])c([2H])c([2H])c54)c3[2H])c([2H])c21. The highest BCUT2D eigenvalue weighted by Crippen LogP contribution is 2.63. The van der Waals surface area contributed by atoms with Gasteiger partial charge in [0.25, 0.3) is 0 Å². The van der Waals surface area contributed by atoms with Gasteiger partial charge in [-0.1, -0.05) is 195 Å². The highest BCUT2D eigenvalue weighted by atomic mass is 16.3. The number of benzene rings is 11. The maximum absolute atomic E-state index is 10.9. The van der Waals surface area contributed by atoms with E-state index >= 15 is 0 Å². The molecule has 1 aromatic heterocycles. The lowest BCUT2D eigenvalue weighted by Gasteiger charge is -2.32. The summed E-state index contributed by atoms with van der Waals surface area (Å²) in [6, 6.07) is 15.2. The molecular weight excluding hydrogens is 847 g/mol. The van der Waals surface area contributed by atoms with E-state index in [0.717, 1.165) is 49.1 Å². The number of fused-ring (bicyclic) bond motifs is 17. The molecule has 0 bridgehead atoms. The maximum atomic E-state index is 10.9. The molecule has 0 atom stereocenters. The third-order valence-corrected chi connectivity index (χ3v) is 14.4. The number of para-hydroxylation sites is 1. The van der Waals surface area contributed by atoms with Crippen LogP contribution < -0.4 is 4.90 Å². The molecule has 0 amide bonds. The molecule has 12 aromatic rings. The van der Waals surface area contributed by atoms with Crippen LogP contribution >= 0.6 is 0 Å². The van der Waals surface area contributed by atoms with Gasteiger partial charge in [0.05, 0.1) is 35.6 Å². The van der Waals surface area contributed by atoms with Crippen LogP contribution in [-0.2, 0) is 10.8 Å². The smallest absolute Gasteiger partial charge is 0.137 e. The largest absolute Gasteiger partial charge is 0.456 e. The number of hydrogen-bond acceptors (Lipinski definition) is 2. The zero-order chi connectivity index (χ0) is 65.4.